The fourth-order valence-corrected chi connectivity index (χ4v) is 3.44. The molecule has 0 aromatic heterocycles. The Hall–Kier alpha value is -0.860. The highest BCUT2D eigenvalue weighted by Crippen LogP contribution is 2.36. The molecule has 2 aliphatic rings. The normalized spacial score (nSPS) is 29.2. The largest absolute Gasteiger partial charge is 0.316 e. The first-order valence-corrected chi connectivity index (χ1v) is 6.87. The Morgan fingerprint density at radius 3 is 3.00 bits per heavy atom. The lowest BCUT2D eigenvalue weighted by atomic mass is 10.0. The van der Waals surface area contributed by atoms with E-state index < -0.39 is 0 Å². The average molecular weight is 230 g/mol. The maximum absolute atomic E-state index is 3.44. The molecule has 1 saturated heterocycles. The van der Waals surface area contributed by atoms with E-state index in [1.807, 2.05) is 0 Å². The van der Waals surface area contributed by atoms with Crippen LogP contribution in [0.25, 0.3) is 0 Å². The number of nitrogens with zero attached hydrogens (tertiary/aromatic N) is 1. The molecule has 0 amide bonds. The van der Waals surface area contributed by atoms with Gasteiger partial charge in [-0.2, -0.15) is 0 Å². The van der Waals surface area contributed by atoms with Crippen LogP contribution in [0.15, 0.2) is 24.3 Å². The summed E-state index contributed by atoms with van der Waals surface area (Å²) < 4.78 is 0. The van der Waals surface area contributed by atoms with Crippen LogP contribution in [0.1, 0.15) is 36.4 Å². The zero-order chi connectivity index (χ0) is 11.7. The maximum Gasteiger partial charge on any atom is 0.0354 e. The van der Waals surface area contributed by atoms with Crippen LogP contribution < -0.4 is 5.32 Å². The van der Waals surface area contributed by atoms with Gasteiger partial charge in [0, 0.05) is 18.6 Å². The molecular formula is C15H22N2. The Balaban J connectivity index is 1.77. The van der Waals surface area contributed by atoms with Gasteiger partial charge in [-0.15, -0.1) is 0 Å². The summed E-state index contributed by atoms with van der Waals surface area (Å²) >= 11 is 0. The molecule has 2 atom stereocenters. The van der Waals surface area contributed by atoms with Crippen molar-refractivity contribution in [2.75, 3.05) is 20.1 Å². The molecule has 1 aliphatic carbocycles. The van der Waals surface area contributed by atoms with Crippen LogP contribution in [0.2, 0.25) is 0 Å². The van der Waals surface area contributed by atoms with Gasteiger partial charge in [0.1, 0.15) is 0 Å². The van der Waals surface area contributed by atoms with E-state index in [2.05, 4.69) is 41.5 Å². The summed E-state index contributed by atoms with van der Waals surface area (Å²) in [5.74, 6) is 0. The van der Waals surface area contributed by atoms with Crippen LogP contribution in [0, 0.1) is 0 Å². The minimum absolute atomic E-state index is 0.683. The van der Waals surface area contributed by atoms with Gasteiger partial charge < -0.3 is 5.32 Å². The summed E-state index contributed by atoms with van der Waals surface area (Å²) in [5.41, 5.74) is 3.16. The van der Waals surface area contributed by atoms with Crippen LogP contribution in [-0.4, -0.2) is 31.1 Å². The van der Waals surface area contributed by atoms with Crippen molar-refractivity contribution in [2.24, 2.45) is 0 Å². The number of nitrogens with one attached hydrogen (secondary N) is 1. The lowest BCUT2D eigenvalue weighted by Gasteiger charge is -2.37. The number of likely N-dealkylation sites (tertiary alicyclic amines) is 1. The summed E-state index contributed by atoms with van der Waals surface area (Å²) in [6, 6.07) is 10.4. The van der Waals surface area contributed by atoms with Gasteiger partial charge in [-0.1, -0.05) is 24.3 Å². The molecule has 1 fully saturated rings. The van der Waals surface area contributed by atoms with Crippen LogP contribution >= 0.6 is 0 Å². The number of fused-ring (bicyclic) bond motifs is 1. The zero-order valence-corrected chi connectivity index (χ0v) is 10.7. The Bertz CT molecular complexity index is 388. The molecule has 0 radical (unpaired) electrons. The van der Waals surface area contributed by atoms with Gasteiger partial charge in [-0.05, 0) is 50.4 Å². The molecule has 17 heavy (non-hydrogen) atoms. The van der Waals surface area contributed by atoms with Gasteiger partial charge in [-0.3, -0.25) is 4.90 Å². The number of piperidine rings is 1. The minimum atomic E-state index is 0.683. The van der Waals surface area contributed by atoms with Gasteiger partial charge in [-0.25, -0.2) is 0 Å². The summed E-state index contributed by atoms with van der Waals surface area (Å²) in [6.45, 7) is 2.49. The van der Waals surface area contributed by atoms with E-state index in [4.69, 9.17) is 0 Å². The summed E-state index contributed by atoms with van der Waals surface area (Å²) in [7, 11) is 2.09. The molecule has 0 spiro atoms. The Morgan fingerprint density at radius 2 is 2.12 bits per heavy atom. The van der Waals surface area contributed by atoms with Gasteiger partial charge >= 0.3 is 0 Å². The Morgan fingerprint density at radius 1 is 1.24 bits per heavy atom. The second kappa shape index (κ2) is 4.79. The molecule has 0 bridgehead atoms. The van der Waals surface area contributed by atoms with Gasteiger partial charge in [0.25, 0.3) is 0 Å². The standard InChI is InChI=1S/C15H22N2/c1-16-13-6-4-10-17(11-13)15-9-8-12-5-2-3-7-14(12)15/h2-3,5,7,13,15-16H,4,6,8-11H2,1H3. The molecule has 2 unspecified atom stereocenters. The molecule has 1 aromatic carbocycles. The topological polar surface area (TPSA) is 15.3 Å². The third-order valence-electron chi connectivity index (χ3n) is 4.40. The number of rotatable bonds is 2. The van der Waals surface area contributed by atoms with Crippen molar-refractivity contribution < 1.29 is 0 Å². The van der Waals surface area contributed by atoms with E-state index >= 15 is 0 Å². The quantitative estimate of drug-likeness (QED) is 0.839. The number of aryl methyl sites for hydroxylation is 1. The fourth-order valence-electron chi connectivity index (χ4n) is 3.44. The highest BCUT2D eigenvalue weighted by atomic mass is 15.2. The van der Waals surface area contributed by atoms with Crippen LogP contribution in [0.5, 0.6) is 0 Å². The molecule has 1 heterocycles. The van der Waals surface area contributed by atoms with E-state index in [1.165, 1.54) is 38.8 Å². The SMILES string of the molecule is CNC1CCCN(C2CCc3ccccc32)C1. The van der Waals surface area contributed by atoms with Crippen molar-refractivity contribution in [3.05, 3.63) is 35.4 Å². The van der Waals surface area contributed by atoms with Gasteiger partial charge in [0.05, 0.1) is 0 Å². The predicted molar refractivity (Wildman–Crippen MR) is 71.2 cm³/mol. The van der Waals surface area contributed by atoms with Crippen molar-refractivity contribution in [2.45, 2.75) is 37.8 Å². The fraction of sp³-hybridized carbons (Fsp3) is 0.600. The minimum Gasteiger partial charge on any atom is -0.316 e. The smallest absolute Gasteiger partial charge is 0.0354 e. The molecule has 0 saturated carbocycles. The van der Waals surface area contributed by atoms with E-state index in [9.17, 15) is 0 Å². The molecule has 1 aromatic rings. The summed E-state index contributed by atoms with van der Waals surface area (Å²) in [4.78, 5) is 2.69. The second-order valence-corrected chi connectivity index (χ2v) is 5.38. The number of hydrogen-bond donors (Lipinski definition) is 1. The molecular weight excluding hydrogens is 208 g/mol. The Labute approximate surface area is 104 Å². The first-order valence-electron chi connectivity index (χ1n) is 6.87. The lowest BCUT2D eigenvalue weighted by Crippen LogP contribution is -2.45. The molecule has 3 rings (SSSR count). The third kappa shape index (κ3) is 2.12. The lowest BCUT2D eigenvalue weighted by molar-refractivity contribution is 0.139. The van der Waals surface area contributed by atoms with Crippen LogP contribution in [0.3, 0.4) is 0 Å². The second-order valence-electron chi connectivity index (χ2n) is 5.38. The van der Waals surface area contributed by atoms with Gasteiger partial charge in [0.15, 0.2) is 0 Å². The van der Waals surface area contributed by atoms with E-state index in [-0.39, 0.29) is 0 Å². The first kappa shape index (κ1) is 11.2. The first-order chi connectivity index (χ1) is 8.38. The van der Waals surface area contributed by atoms with Crippen molar-refractivity contribution in [1.29, 1.82) is 0 Å². The third-order valence-corrected chi connectivity index (χ3v) is 4.40. The van der Waals surface area contributed by atoms with Crippen molar-refractivity contribution in [3.8, 4) is 0 Å². The van der Waals surface area contributed by atoms with Crippen molar-refractivity contribution >= 4 is 0 Å². The Kier molecular flexibility index (Phi) is 3.17. The van der Waals surface area contributed by atoms with E-state index in [0.717, 1.165) is 0 Å². The molecule has 2 nitrogen and oxygen atoms in total. The van der Waals surface area contributed by atoms with Crippen molar-refractivity contribution in [3.63, 3.8) is 0 Å². The number of likely N-dealkylation sites (N-methyl/N-ethyl adjacent to an activating group) is 1. The average Bonchev–Trinajstić information content (AvgIpc) is 2.82. The molecule has 2 heteroatoms. The highest BCUT2D eigenvalue weighted by Gasteiger charge is 2.30. The maximum atomic E-state index is 3.44. The predicted octanol–water partition coefficient (Wildman–Crippen LogP) is 2.36. The summed E-state index contributed by atoms with van der Waals surface area (Å²) in [6.07, 6.45) is 5.25. The van der Waals surface area contributed by atoms with Gasteiger partial charge in [0.2, 0.25) is 0 Å². The number of benzene rings is 1. The summed E-state index contributed by atoms with van der Waals surface area (Å²) in [5, 5.41) is 3.44. The molecule has 1 N–H and O–H groups in total. The highest BCUT2D eigenvalue weighted by molar-refractivity contribution is 5.34. The molecule has 92 valence electrons. The van der Waals surface area contributed by atoms with Crippen LogP contribution in [0.4, 0.5) is 0 Å². The molecule has 1 aliphatic heterocycles. The van der Waals surface area contributed by atoms with Crippen molar-refractivity contribution in [1.82, 2.24) is 10.2 Å². The van der Waals surface area contributed by atoms with Crippen LogP contribution in [-0.2, 0) is 6.42 Å². The van der Waals surface area contributed by atoms with E-state index in [1.54, 1.807) is 11.1 Å². The monoisotopic (exact) mass is 230 g/mol. The van der Waals surface area contributed by atoms with E-state index in [0.29, 0.717) is 12.1 Å². The number of hydrogen-bond acceptors (Lipinski definition) is 2. The zero-order valence-electron chi connectivity index (χ0n) is 10.7.